The molecule has 0 heterocycles. The molecule has 0 bridgehead atoms. The van der Waals surface area contributed by atoms with Gasteiger partial charge in [-0.15, -0.1) is 0 Å². The van der Waals surface area contributed by atoms with Crippen LogP contribution in [0.3, 0.4) is 0 Å². The van der Waals surface area contributed by atoms with Gasteiger partial charge in [0.15, 0.2) is 0 Å². The molecular formula is C22H17FO2. The van der Waals surface area contributed by atoms with Gasteiger partial charge in [0.2, 0.25) is 0 Å². The van der Waals surface area contributed by atoms with Crippen molar-refractivity contribution in [1.82, 2.24) is 0 Å². The fourth-order valence-corrected chi connectivity index (χ4v) is 2.39. The summed E-state index contributed by atoms with van der Waals surface area (Å²) in [4.78, 5) is 11.8. The highest BCUT2D eigenvalue weighted by Crippen LogP contribution is 2.22. The maximum Gasteiger partial charge on any atom is 0.336 e. The van der Waals surface area contributed by atoms with E-state index in [1.54, 1.807) is 18.2 Å². The number of carbonyl (C=O) groups excluding carboxylic acids is 1. The zero-order valence-electron chi connectivity index (χ0n) is 13.8. The van der Waals surface area contributed by atoms with Gasteiger partial charge in [-0.2, -0.15) is 0 Å². The Labute approximate surface area is 146 Å². The van der Waals surface area contributed by atoms with Gasteiger partial charge >= 0.3 is 5.97 Å². The van der Waals surface area contributed by atoms with E-state index in [-0.39, 0.29) is 5.82 Å². The van der Waals surface area contributed by atoms with Crippen molar-refractivity contribution in [2.75, 3.05) is 0 Å². The summed E-state index contributed by atoms with van der Waals surface area (Å²) < 4.78 is 19.4. The Morgan fingerprint density at radius 2 is 1.64 bits per heavy atom. The fraction of sp³-hybridized carbons (Fsp3) is 0.0455. The zero-order chi connectivity index (χ0) is 17.6. The molecule has 0 amide bonds. The standard InChI is InChI=1S/C22H17FO2/c1-16-7-12-20(13-8-16)25-22(24)14-11-18-9-10-19(15-21(18)23)17-5-3-2-4-6-17/h2-15H,1H3/b14-11+. The van der Waals surface area contributed by atoms with Crippen LogP contribution < -0.4 is 4.74 Å². The third-order valence-corrected chi connectivity index (χ3v) is 3.75. The molecule has 0 aliphatic heterocycles. The minimum absolute atomic E-state index is 0.334. The SMILES string of the molecule is Cc1ccc(OC(=O)/C=C/c2ccc(-c3ccccc3)cc2F)cc1. The van der Waals surface area contributed by atoms with E-state index in [1.807, 2.05) is 55.5 Å². The van der Waals surface area contributed by atoms with Gasteiger partial charge in [0.1, 0.15) is 11.6 Å². The second kappa shape index (κ2) is 7.58. The number of esters is 1. The molecule has 0 N–H and O–H groups in total. The first-order valence-corrected chi connectivity index (χ1v) is 7.93. The molecule has 3 heteroatoms. The molecule has 0 radical (unpaired) electrons. The number of benzene rings is 3. The summed E-state index contributed by atoms with van der Waals surface area (Å²) in [6.07, 6.45) is 2.64. The summed E-state index contributed by atoms with van der Waals surface area (Å²) in [5.41, 5.74) is 3.14. The number of carbonyl (C=O) groups is 1. The van der Waals surface area contributed by atoms with Crippen molar-refractivity contribution in [1.29, 1.82) is 0 Å². The van der Waals surface area contributed by atoms with Crippen LogP contribution in [-0.4, -0.2) is 5.97 Å². The topological polar surface area (TPSA) is 26.3 Å². The Hall–Kier alpha value is -3.20. The van der Waals surface area contributed by atoms with Crippen molar-refractivity contribution in [3.05, 3.63) is 95.8 Å². The normalized spacial score (nSPS) is 10.8. The summed E-state index contributed by atoms with van der Waals surface area (Å²) in [6.45, 7) is 1.95. The van der Waals surface area contributed by atoms with Crippen LogP contribution in [0, 0.1) is 12.7 Å². The predicted octanol–water partition coefficient (Wildman–Crippen LogP) is 5.42. The van der Waals surface area contributed by atoms with Crippen molar-refractivity contribution in [2.45, 2.75) is 6.92 Å². The quantitative estimate of drug-likeness (QED) is 0.362. The molecule has 3 rings (SSSR count). The lowest BCUT2D eigenvalue weighted by atomic mass is 10.0. The van der Waals surface area contributed by atoms with E-state index < -0.39 is 5.97 Å². The van der Waals surface area contributed by atoms with Crippen molar-refractivity contribution >= 4 is 12.0 Å². The number of ether oxygens (including phenoxy) is 1. The largest absolute Gasteiger partial charge is 0.423 e. The first-order chi connectivity index (χ1) is 12.1. The molecule has 2 nitrogen and oxygen atoms in total. The third-order valence-electron chi connectivity index (χ3n) is 3.75. The van der Waals surface area contributed by atoms with Crippen LogP contribution in [0.15, 0.2) is 78.9 Å². The predicted molar refractivity (Wildman–Crippen MR) is 97.7 cm³/mol. The second-order valence-corrected chi connectivity index (χ2v) is 5.67. The van der Waals surface area contributed by atoms with Crippen LogP contribution in [0.25, 0.3) is 17.2 Å². The van der Waals surface area contributed by atoms with Gasteiger partial charge in [-0.25, -0.2) is 9.18 Å². The lowest BCUT2D eigenvalue weighted by Crippen LogP contribution is -2.03. The average molecular weight is 332 g/mol. The van der Waals surface area contributed by atoms with E-state index in [0.717, 1.165) is 16.7 Å². The van der Waals surface area contributed by atoms with Gasteiger partial charge in [0, 0.05) is 11.6 Å². The molecule has 0 atom stereocenters. The molecule has 0 saturated carbocycles. The molecule has 0 spiro atoms. The maximum atomic E-state index is 14.3. The summed E-state index contributed by atoms with van der Waals surface area (Å²) in [7, 11) is 0. The lowest BCUT2D eigenvalue weighted by Gasteiger charge is -2.04. The number of halogens is 1. The van der Waals surface area contributed by atoms with Crippen molar-refractivity contribution in [3.63, 3.8) is 0 Å². The molecule has 0 fully saturated rings. The number of hydrogen-bond acceptors (Lipinski definition) is 2. The summed E-state index contributed by atoms with van der Waals surface area (Å²) in [5.74, 6) is -0.476. The zero-order valence-corrected chi connectivity index (χ0v) is 13.8. The van der Waals surface area contributed by atoms with Crippen LogP contribution in [0.2, 0.25) is 0 Å². The minimum atomic E-state index is -0.546. The second-order valence-electron chi connectivity index (χ2n) is 5.67. The molecule has 0 aliphatic carbocycles. The Kier molecular flexibility index (Phi) is 5.05. The van der Waals surface area contributed by atoms with Crippen LogP contribution in [-0.2, 0) is 4.79 Å². The number of rotatable bonds is 4. The summed E-state index contributed by atoms with van der Waals surface area (Å²) >= 11 is 0. The Morgan fingerprint density at radius 3 is 2.32 bits per heavy atom. The van der Waals surface area contributed by atoms with Crippen molar-refractivity contribution < 1.29 is 13.9 Å². The van der Waals surface area contributed by atoms with E-state index in [1.165, 1.54) is 18.2 Å². The van der Waals surface area contributed by atoms with Gasteiger partial charge in [-0.1, -0.05) is 60.2 Å². The molecule has 3 aromatic carbocycles. The van der Waals surface area contributed by atoms with E-state index in [9.17, 15) is 9.18 Å². The lowest BCUT2D eigenvalue weighted by molar-refractivity contribution is -0.128. The molecule has 0 aliphatic rings. The molecule has 124 valence electrons. The highest BCUT2D eigenvalue weighted by molar-refractivity contribution is 5.88. The van der Waals surface area contributed by atoms with Crippen molar-refractivity contribution in [2.24, 2.45) is 0 Å². The fourth-order valence-electron chi connectivity index (χ4n) is 2.39. The average Bonchev–Trinajstić information content (AvgIpc) is 2.63. The molecule has 3 aromatic rings. The number of aryl methyl sites for hydroxylation is 1. The Bertz CT molecular complexity index is 897. The van der Waals surface area contributed by atoms with Gasteiger partial charge in [-0.3, -0.25) is 0 Å². The van der Waals surface area contributed by atoms with E-state index in [2.05, 4.69) is 0 Å². The van der Waals surface area contributed by atoms with Gasteiger partial charge in [0.05, 0.1) is 0 Å². The molecule has 0 unspecified atom stereocenters. The van der Waals surface area contributed by atoms with Gasteiger partial charge in [-0.05, 0) is 42.3 Å². The molecule has 25 heavy (non-hydrogen) atoms. The highest BCUT2D eigenvalue weighted by atomic mass is 19.1. The van der Waals surface area contributed by atoms with Crippen LogP contribution in [0.4, 0.5) is 4.39 Å². The first kappa shape index (κ1) is 16.7. The van der Waals surface area contributed by atoms with E-state index in [0.29, 0.717) is 11.3 Å². The maximum absolute atomic E-state index is 14.3. The molecule has 0 aromatic heterocycles. The van der Waals surface area contributed by atoms with E-state index >= 15 is 0 Å². The summed E-state index contributed by atoms with van der Waals surface area (Å²) in [6, 6.07) is 21.6. The van der Waals surface area contributed by atoms with Crippen molar-refractivity contribution in [3.8, 4) is 16.9 Å². The monoisotopic (exact) mass is 332 g/mol. The Balaban J connectivity index is 1.70. The van der Waals surface area contributed by atoms with Crippen LogP contribution in [0.1, 0.15) is 11.1 Å². The minimum Gasteiger partial charge on any atom is -0.423 e. The Morgan fingerprint density at radius 1 is 0.920 bits per heavy atom. The van der Waals surface area contributed by atoms with E-state index in [4.69, 9.17) is 4.74 Å². The third kappa shape index (κ3) is 4.42. The smallest absolute Gasteiger partial charge is 0.336 e. The van der Waals surface area contributed by atoms with Crippen LogP contribution in [0.5, 0.6) is 5.75 Å². The first-order valence-electron chi connectivity index (χ1n) is 7.93. The summed E-state index contributed by atoms with van der Waals surface area (Å²) in [5, 5.41) is 0. The highest BCUT2D eigenvalue weighted by Gasteiger charge is 2.05. The van der Waals surface area contributed by atoms with Crippen LogP contribution >= 0.6 is 0 Å². The molecular weight excluding hydrogens is 315 g/mol. The van der Waals surface area contributed by atoms with Gasteiger partial charge in [0.25, 0.3) is 0 Å². The number of hydrogen-bond donors (Lipinski definition) is 0. The molecule has 0 saturated heterocycles. The van der Waals surface area contributed by atoms with Gasteiger partial charge < -0.3 is 4.74 Å².